The summed E-state index contributed by atoms with van der Waals surface area (Å²) in [6.07, 6.45) is 2.68. The van der Waals surface area contributed by atoms with Crippen molar-refractivity contribution in [2.75, 3.05) is 18.0 Å². The first kappa shape index (κ1) is 20.7. The summed E-state index contributed by atoms with van der Waals surface area (Å²) in [5, 5.41) is 9.85. The number of halogens is 1. The van der Waals surface area contributed by atoms with Gasteiger partial charge in [-0.05, 0) is 55.7 Å². The number of aryl methyl sites for hydroxylation is 1. The number of nitrogens with zero attached hydrogens (tertiary/aromatic N) is 6. The molecule has 1 saturated heterocycles. The third-order valence-corrected chi connectivity index (χ3v) is 7.60. The topological polar surface area (TPSA) is 67.2 Å². The van der Waals surface area contributed by atoms with Gasteiger partial charge in [0.05, 0.1) is 12.2 Å². The normalized spacial score (nSPS) is 18.9. The molecule has 33 heavy (non-hydrogen) atoms. The van der Waals surface area contributed by atoms with Gasteiger partial charge in [0.1, 0.15) is 11.6 Å². The van der Waals surface area contributed by atoms with Crippen molar-refractivity contribution in [1.82, 2.24) is 24.6 Å². The van der Waals surface area contributed by atoms with Crippen LogP contribution in [0.5, 0.6) is 0 Å². The summed E-state index contributed by atoms with van der Waals surface area (Å²) in [5.41, 5.74) is 3.49. The fourth-order valence-corrected chi connectivity index (χ4v) is 5.94. The summed E-state index contributed by atoms with van der Waals surface area (Å²) in [6, 6.07) is 12.1. The average Bonchev–Trinajstić information content (AvgIpc) is 3.06. The summed E-state index contributed by atoms with van der Waals surface area (Å²) in [6.45, 7) is 7.03. The highest BCUT2D eigenvalue weighted by Crippen LogP contribution is 2.56. The van der Waals surface area contributed by atoms with E-state index in [1.54, 1.807) is 0 Å². The van der Waals surface area contributed by atoms with Gasteiger partial charge in [0.15, 0.2) is 5.82 Å². The summed E-state index contributed by atoms with van der Waals surface area (Å²) in [5.74, 6) is 3.40. The van der Waals surface area contributed by atoms with E-state index in [9.17, 15) is 4.79 Å². The van der Waals surface area contributed by atoms with Crippen molar-refractivity contribution in [1.29, 1.82) is 0 Å². The lowest BCUT2D eigenvalue weighted by Crippen LogP contribution is -2.62. The molecule has 0 N–H and O–H groups in total. The Kier molecular flexibility index (Phi) is 4.73. The van der Waals surface area contributed by atoms with E-state index in [4.69, 9.17) is 11.6 Å². The van der Waals surface area contributed by atoms with Crippen molar-refractivity contribution < 1.29 is 4.79 Å². The first-order valence-electron chi connectivity index (χ1n) is 11.6. The van der Waals surface area contributed by atoms with Crippen LogP contribution < -0.4 is 4.90 Å². The summed E-state index contributed by atoms with van der Waals surface area (Å²) in [4.78, 5) is 21.5. The minimum absolute atomic E-state index is 0.112. The monoisotopic (exact) mass is 462 g/mol. The van der Waals surface area contributed by atoms with Gasteiger partial charge in [0.25, 0.3) is 0 Å². The van der Waals surface area contributed by atoms with Crippen LogP contribution in [0, 0.1) is 12.3 Å². The fraction of sp³-hybridized carbons (Fsp3) is 0.440. The smallest absolute Gasteiger partial charge is 0.222 e. The van der Waals surface area contributed by atoms with Gasteiger partial charge in [-0.3, -0.25) is 9.36 Å². The molecular weight excluding hydrogens is 436 g/mol. The van der Waals surface area contributed by atoms with Crippen molar-refractivity contribution in [3.8, 4) is 5.69 Å². The number of hydrogen-bond acceptors (Lipinski definition) is 5. The summed E-state index contributed by atoms with van der Waals surface area (Å²) in [7, 11) is 0. The Morgan fingerprint density at radius 3 is 2.73 bits per heavy atom. The SMILES string of the molecule is CCC(=O)N1Cc2cc(Cl)ccc2-n2c(nnc2C2CC3(C2)CN(c2cccc(C)n2)C3)C1. The van der Waals surface area contributed by atoms with Gasteiger partial charge >= 0.3 is 0 Å². The predicted molar refractivity (Wildman–Crippen MR) is 127 cm³/mol. The van der Waals surface area contributed by atoms with E-state index in [2.05, 4.69) is 36.8 Å². The van der Waals surface area contributed by atoms with Crippen molar-refractivity contribution in [2.45, 2.75) is 52.1 Å². The van der Waals surface area contributed by atoms with Crippen LogP contribution in [0.3, 0.4) is 0 Å². The Morgan fingerprint density at radius 2 is 1.97 bits per heavy atom. The first-order valence-corrected chi connectivity index (χ1v) is 12.0. The van der Waals surface area contributed by atoms with Gasteiger partial charge in [-0.25, -0.2) is 4.98 Å². The summed E-state index contributed by atoms with van der Waals surface area (Å²) < 4.78 is 2.19. The maximum Gasteiger partial charge on any atom is 0.222 e. The van der Waals surface area contributed by atoms with Crippen LogP contribution in [-0.4, -0.2) is 43.6 Å². The molecule has 3 aliphatic rings. The molecule has 3 aromatic rings. The zero-order valence-electron chi connectivity index (χ0n) is 19.0. The molecule has 2 aromatic heterocycles. The van der Waals surface area contributed by atoms with E-state index in [-0.39, 0.29) is 5.91 Å². The average molecular weight is 463 g/mol. The number of carbonyl (C=O) groups excluding carboxylic acids is 1. The van der Waals surface area contributed by atoms with Crippen LogP contribution in [0.2, 0.25) is 5.02 Å². The van der Waals surface area contributed by atoms with Crippen molar-refractivity contribution in [3.63, 3.8) is 0 Å². The second-order valence-corrected chi connectivity index (χ2v) is 10.2. The molecule has 2 fully saturated rings. The predicted octanol–water partition coefficient (Wildman–Crippen LogP) is 4.26. The highest BCUT2D eigenvalue weighted by atomic mass is 35.5. The number of anilines is 1. The third-order valence-electron chi connectivity index (χ3n) is 7.36. The number of benzene rings is 1. The number of pyridine rings is 1. The highest BCUT2D eigenvalue weighted by molar-refractivity contribution is 6.30. The molecule has 0 atom stereocenters. The number of fused-ring (bicyclic) bond motifs is 3. The number of carbonyl (C=O) groups is 1. The molecule has 0 radical (unpaired) electrons. The Morgan fingerprint density at radius 1 is 1.15 bits per heavy atom. The lowest BCUT2D eigenvalue weighted by molar-refractivity contribution is -0.132. The lowest BCUT2D eigenvalue weighted by Gasteiger charge is -2.59. The van der Waals surface area contributed by atoms with Gasteiger partial charge in [0.2, 0.25) is 5.91 Å². The van der Waals surface area contributed by atoms with Crippen LogP contribution in [0.1, 0.15) is 55.0 Å². The molecule has 1 spiro atoms. The zero-order chi connectivity index (χ0) is 22.7. The second-order valence-electron chi connectivity index (χ2n) is 9.78. The zero-order valence-corrected chi connectivity index (χ0v) is 19.7. The standard InChI is InChI=1S/C25H27ClN6O/c1-3-23(33)30-12-17-9-19(26)7-8-20(17)32-22(13-30)28-29-24(32)18-10-25(11-18)14-31(15-25)21-6-4-5-16(2)27-21/h4-9,18H,3,10-15H2,1-2H3. The first-order chi connectivity index (χ1) is 15.9. The fourth-order valence-electron chi connectivity index (χ4n) is 5.75. The molecule has 0 bridgehead atoms. The van der Waals surface area contributed by atoms with Crippen LogP contribution in [0.4, 0.5) is 5.82 Å². The third kappa shape index (κ3) is 3.41. The molecule has 0 unspecified atom stereocenters. The molecule has 1 aromatic carbocycles. The van der Waals surface area contributed by atoms with Crippen molar-refractivity contribution in [3.05, 3.63) is 64.3 Å². The van der Waals surface area contributed by atoms with Crippen LogP contribution >= 0.6 is 11.6 Å². The largest absolute Gasteiger partial charge is 0.355 e. The van der Waals surface area contributed by atoms with Crippen molar-refractivity contribution >= 4 is 23.3 Å². The van der Waals surface area contributed by atoms with E-state index in [0.29, 0.717) is 35.9 Å². The van der Waals surface area contributed by atoms with Gasteiger partial charge < -0.3 is 9.80 Å². The van der Waals surface area contributed by atoms with Gasteiger partial charge in [0, 0.05) is 48.1 Å². The molecule has 4 heterocycles. The molecule has 8 heteroatoms. The Labute approximate surface area is 198 Å². The maximum atomic E-state index is 12.6. The Hall–Kier alpha value is -2.93. The molecule has 6 rings (SSSR count). The Bertz CT molecular complexity index is 1240. The minimum Gasteiger partial charge on any atom is -0.355 e. The van der Waals surface area contributed by atoms with E-state index >= 15 is 0 Å². The second kappa shape index (κ2) is 7.55. The molecule has 7 nitrogen and oxygen atoms in total. The number of hydrogen-bond donors (Lipinski definition) is 0. The van der Waals surface area contributed by atoms with Crippen LogP contribution in [0.15, 0.2) is 36.4 Å². The van der Waals surface area contributed by atoms with Gasteiger partial charge in [-0.1, -0.05) is 24.6 Å². The van der Waals surface area contributed by atoms with E-state index < -0.39 is 0 Å². The number of rotatable bonds is 3. The molecular formula is C25H27ClN6O. The number of amides is 1. The molecule has 1 amide bonds. The maximum absolute atomic E-state index is 12.6. The van der Waals surface area contributed by atoms with Crippen LogP contribution in [0.25, 0.3) is 5.69 Å². The molecule has 1 saturated carbocycles. The molecule has 170 valence electrons. The quantitative estimate of drug-likeness (QED) is 0.581. The molecule has 2 aliphatic heterocycles. The van der Waals surface area contributed by atoms with Gasteiger partial charge in [-0.15, -0.1) is 10.2 Å². The molecule has 1 aliphatic carbocycles. The van der Waals surface area contributed by atoms with E-state index in [1.165, 1.54) is 0 Å². The summed E-state index contributed by atoms with van der Waals surface area (Å²) >= 11 is 6.32. The number of aromatic nitrogens is 4. The minimum atomic E-state index is 0.112. The van der Waals surface area contributed by atoms with Crippen LogP contribution in [-0.2, 0) is 17.9 Å². The Balaban J connectivity index is 1.25. The van der Waals surface area contributed by atoms with E-state index in [1.807, 2.05) is 43.0 Å². The van der Waals surface area contributed by atoms with E-state index in [0.717, 1.165) is 60.3 Å². The van der Waals surface area contributed by atoms with Gasteiger partial charge in [-0.2, -0.15) is 0 Å². The highest BCUT2D eigenvalue weighted by Gasteiger charge is 2.54. The van der Waals surface area contributed by atoms with Crippen molar-refractivity contribution in [2.24, 2.45) is 5.41 Å². The lowest BCUT2D eigenvalue weighted by atomic mass is 9.57.